The van der Waals surface area contributed by atoms with Gasteiger partial charge in [-0.3, -0.25) is 9.36 Å². The van der Waals surface area contributed by atoms with E-state index >= 15 is 0 Å². The van der Waals surface area contributed by atoms with Gasteiger partial charge in [-0.25, -0.2) is 12.7 Å². The van der Waals surface area contributed by atoms with E-state index in [4.69, 9.17) is 0 Å². The number of nitrogens with zero attached hydrogens (tertiary/aromatic N) is 4. The summed E-state index contributed by atoms with van der Waals surface area (Å²) in [6, 6.07) is 14.0. The Morgan fingerprint density at radius 2 is 1.80 bits per heavy atom. The average molecular weight is 446 g/mol. The van der Waals surface area contributed by atoms with E-state index in [2.05, 4.69) is 15.5 Å². The quantitative estimate of drug-likeness (QED) is 0.562. The second-order valence-electron chi connectivity index (χ2n) is 6.85. The number of nitrogens with one attached hydrogen (secondary N) is 1. The number of rotatable bonds is 7. The Labute approximate surface area is 180 Å². The van der Waals surface area contributed by atoms with E-state index in [1.54, 1.807) is 12.1 Å². The Morgan fingerprint density at radius 3 is 2.43 bits per heavy atom. The molecule has 0 bridgehead atoms. The molecule has 1 amide bonds. The zero-order chi connectivity index (χ0) is 21.9. The normalized spacial score (nSPS) is 11.6. The smallest absolute Gasteiger partial charge is 0.242 e. The van der Waals surface area contributed by atoms with Gasteiger partial charge in [0.05, 0.1) is 10.6 Å². The zero-order valence-corrected chi connectivity index (χ0v) is 18.8. The SMILES string of the molecule is Cc1cccc(-n2c(C)nnc2SCC(=O)Nc2ccc(S(=O)(=O)N(C)C)cc2)c1. The molecule has 0 radical (unpaired) electrons. The van der Waals surface area contributed by atoms with Crippen molar-refractivity contribution < 1.29 is 13.2 Å². The molecule has 1 aromatic heterocycles. The summed E-state index contributed by atoms with van der Waals surface area (Å²) in [6.07, 6.45) is 0. The highest BCUT2D eigenvalue weighted by molar-refractivity contribution is 7.99. The first kappa shape index (κ1) is 22.0. The number of hydrogen-bond acceptors (Lipinski definition) is 6. The second-order valence-corrected chi connectivity index (χ2v) is 9.95. The number of carbonyl (C=O) groups is 1. The summed E-state index contributed by atoms with van der Waals surface area (Å²) in [7, 11) is -0.558. The Kier molecular flexibility index (Phi) is 6.59. The van der Waals surface area contributed by atoms with E-state index in [1.165, 1.54) is 38.0 Å². The summed E-state index contributed by atoms with van der Waals surface area (Å²) in [6.45, 7) is 3.88. The Morgan fingerprint density at radius 1 is 1.10 bits per heavy atom. The molecule has 30 heavy (non-hydrogen) atoms. The van der Waals surface area contributed by atoms with Crippen LogP contribution in [0.1, 0.15) is 11.4 Å². The molecule has 3 rings (SSSR count). The number of carbonyl (C=O) groups excluding carboxylic acids is 1. The van der Waals surface area contributed by atoms with E-state index in [9.17, 15) is 13.2 Å². The number of sulfonamides is 1. The molecule has 10 heteroatoms. The molecule has 0 saturated carbocycles. The lowest BCUT2D eigenvalue weighted by Crippen LogP contribution is -2.22. The second kappa shape index (κ2) is 8.99. The standard InChI is InChI=1S/C20H23N5O3S2/c1-14-6-5-7-17(12-14)25-15(2)22-23-20(25)29-13-19(26)21-16-8-10-18(11-9-16)30(27,28)24(3)4/h5-12H,13H2,1-4H3,(H,21,26). The molecule has 3 aromatic rings. The van der Waals surface area contributed by atoms with Crippen molar-refractivity contribution in [2.24, 2.45) is 0 Å². The van der Waals surface area contributed by atoms with Crippen LogP contribution in [-0.4, -0.2) is 53.2 Å². The maximum absolute atomic E-state index is 12.4. The molecule has 0 atom stereocenters. The topological polar surface area (TPSA) is 97.2 Å². The van der Waals surface area contributed by atoms with Gasteiger partial charge in [-0.15, -0.1) is 10.2 Å². The lowest BCUT2D eigenvalue weighted by Gasteiger charge is -2.12. The van der Waals surface area contributed by atoms with Gasteiger partial charge in [-0.2, -0.15) is 0 Å². The van der Waals surface area contributed by atoms with Gasteiger partial charge in [0.2, 0.25) is 15.9 Å². The van der Waals surface area contributed by atoms with Crippen molar-refractivity contribution in [1.29, 1.82) is 0 Å². The molecule has 8 nitrogen and oxygen atoms in total. The summed E-state index contributed by atoms with van der Waals surface area (Å²) < 4.78 is 27.3. The summed E-state index contributed by atoms with van der Waals surface area (Å²) in [5.41, 5.74) is 2.58. The largest absolute Gasteiger partial charge is 0.325 e. The fraction of sp³-hybridized carbons (Fsp3) is 0.250. The van der Waals surface area contributed by atoms with Crippen LogP contribution in [0.2, 0.25) is 0 Å². The average Bonchev–Trinajstić information content (AvgIpc) is 3.07. The van der Waals surface area contributed by atoms with E-state index in [0.29, 0.717) is 10.8 Å². The maximum atomic E-state index is 12.4. The Hall–Kier alpha value is -2.69. The molecule has 0 aliphatic carbocycles. The lowest BCUT2D eigenvalue weighted by molar-refractivity contribution is -0.113. The molecule has 0 aliphatic rings. The molecule has 0 aliphatic heterocycles. The summed E-state index contributed by atoms with van der Waals surface area (Å²) in [5, 5.41) is 11.7. The fourth-order valence-electron chi connectivity index (χ4n) is 2.75. The molecule has 0 spiro atoms. The third-order valence-electron chi connectivity index (χ3n) is 4.30. The molecule has 1 heterocycles. The van der Waals surface area contributed by atoms with Gasteiger partial charge in [0.1, 0.15) is 5.82 Å². The molecule has 2 aromatic carbocycles. The number of amides is 1. The van der Waals surface area contributed by atoms with Crippen molar-refractivity contribution in [3.05, 3.63) is 59.9 Å². The highest BCUT2D eigenvalue weighted by Gasteiger charge is 2.17. The summed E-state index contributed by atoms with van der Waals surface area (Å²) in [5.74, 6) is 0.655. The zero-order valence-electron chi connectivity index (χ0n) is 17.2. The van der Waals surface area contributed by atoms with E-state index < -0.39 is 10.0 Å². The van der Waals surface area contributed by atoms with Gasteiger partial charge in [0, 0.05) is 25.5 Å². The van der Waals surface area contributed by atoms with Gasteiger partial charge < -0.3 is 5.32 Å². The van der Waals surface area contributed by atoms with Crippen LogP contribution in [0, 0.1) is 13.8 Å². The van der Waals surface area contributed by atoms with Crippen LogP contribution in [0.25, 0.3) is 5.69 Å². The minimum atomic E-state index is -3.50. The minimum absolute atomic E-state index is 0.141. The van der Waals surface area contributed by atoms with E-state index in [0.717, 1.165) is 21.4 Å². The van der Waals surface area contributed by atoms with Gasteiger partial charge in [0.25, 0.3) is 0 Å². The minimum Gasteiger partial charge on any atom is -0.325 e. The number of aromatic nitrogens is 3. The van der Waals surface area contributed by atoms with E-state index in [1.807, 2.05) is 42.7 Å². The van der Waals surface area contributed by atoms with Crippen molar-refractivity contribution >= 4 is 33.4 Å². The van der Waals surface area contributed by atoms with Crippen LogP contribution >= 0.6 is 11.8 Å². The molecule has 0 fully saturated rings. The predicted molar refractivity (Wildman–Crippen MR) is 118 cm³/mol. The molecule has 0 saturated heterocycles. The first-order chi connectivity index (χ1) is 14.2. The molecule has 0 unspecified atom stereocenters. The number of anilines is 1. The number of hydrogen-bond donors (Lipinski definition) is 1. The van der Waals surface area contributed by atoms with Crippen molar-refractivity contribution in [3.8, 4) is 5.69 Å². The Balaban J connectivity index is 1.66. The van der Waals surface area contributed by atoms with Crippen LogP contribution in [0.3, 0.4) is 0 Å². The van der Waals surface area contributed by atoms with Crippen molar-refractivity contribution in [2.75, 3.05) is 25.2 Å². The third-order valence-corrected chi connectivity index (χ3v) is 7.06. The number of thioether (sulfide) groups is 1. The lowest BCUT2D eigenvalue weighted by atomic mass is 10.2. The van der Waals surface area contributed by atoms with Gasteiger partial charge in [-0.1, -0.05) is 23.9 Å². The molecular weight excluding hydrogens is 422 g/mol. The number of benzene rings is 2. The van der Waals surface area contributed by atoms with Crippen LogP contribution < -0.4 is 5.32 Å². The maximum Gasteiger partial charge on any atom is 0.242 e. The van der Waals surface area contributed by atoms with Crippen molar-refractivity contribution in [2.45, 2.75) is 23.9 Å². The number of aryl methyl sites for hydroxylation is 2. The first-order valence-corrected chi connectivity index (χ1v) is 11.6. The summed E-state index contributed by atoms with van der Waals surface area (Å²) >= 11 is 1.28. The highest BCUT2D eigenvalue weighted by atomic mass is 32.2. The van der Waals surface area contributed by atoms with Gasteiger partial charge >= 0.3 is 0 Å². The molecule has 1 N–H and O–H groups in total. The third kappa shape index (κ3) is 4.89. The monoisotopic (exact) mass is 445 g/mol. The Bertz CT molecular complexity index is 1160. The van der Waals surface area contributed by atoms with Gasteiger partial charge in [0.15, 0.2) is 5.16 Å². The molecular formula is C20H23N5O3S2. The highest BCUT2D eigenvalue weighted by Crippen LogP contribution is 2.23. The van der Waals surface area contributed by atoms with Crippen LogP contribution in [0.15, 0.2) is 58.6 Å². The molecule has 158 valence electrons. The fourth-order valence-corrected chi connectivity index (χ4v) is 4.45. The predicted octanol–water partition coefficient (Wildman–Crippen LogP) is 2.87. The van der Waals surface area contributed by atoms with Crippen LogP contribution in [0.4, 0.5) is 5.69 Å². The van der Waals surface area contributed by atoms with Crippen molar-refractivity contribution in [3.63, 3.8) is 0 Å². The van der Waals surface area contributed by atoms with E-state index in [-0.39, 0.29) is 16.6 Å². The summed E-state index contributed by atoms with van der Waals surface area (Å²) in [4.78, 5) is 12.5. The first-order valence-electron chi connectivity index (χ1n) is 9.13. The van der Waals surface area contributed by atoms with Crippen LogP contribution in [0.5, 0.6) is 0 Å². The van der Waals surface area contributed by atoms with Crippen molar-refractivity contribution in [1.82, 2.24) is 19.1 Å². The van der Waals surface area contributed by atoms with Gasteiger partial charge in [-0.05, 0) is 55.8 Å². The van der Waals surface area contributed by atoms with Crippen LogP contribution in [-0.2, 0) is 14.8 Å².